The van der Waals surface area contributed by atoms with Gasteiger partial charge in [-0.3, -0.25) is 9.78 Å². The van der Waals surface area contributed by atoms with Gasteiger partial charge >= 0.3 is 0 Å². The number of nitrogens with one attached hydrogen (secondary N) is 1. The number of aromatic nitrogens is 2. The van der Waals surface area contributed by atoms with E-state index in [0.29, 0.717) is 17.1 Å². The van der Waals surface area contributed by atoms with Gasteiger partial charge in [-0.15, -0.1) is 11.3 Å². The van der Waals surface area contributed by atoms with Gasteiger partial charge in [0.1, 0.15) is 0 Å². The Balaban J connectivity index is 1.88. The lowest BCUT2D eigenvalue weighted by Crippen LogP contribution is -2.26. The Morgan fingerprint density at radius 1 is 1.53 bits per heavy atom. The molecule has 0 spiro atoms. The average molecular weight is 268 g/mol. The van der Waals surface area contributed by atoms with Crippen LogP contribution in [0.3, 0.4) is 0 Å². The summed E-state index contributed by atoms with van der Waals surface area (Å²) in [5.41, 5.74) is 3.20. The first-order chi connectivity index (χ1) is 8.27. The van der Waals surface area contributed by atoms with E-state index >= 15 is 0 Å². The molecule has 2 rings (SSSR count). The van der Waals surface area contributed by atoms with Crippen LogP contribution in [0.15, 0.2) is 29.4 Å². The molecule has 17 heavy (non-hydrogen) atoms. The second-order valence-electron chi connectivity index (χ2n) is 3.34. The predicted octanol–water partition coefficient (Wildman–Crippen LogP) is 2.16. The van der Waals surface area contributed by atoms with E-state index in [2.05, 4.69) is 15.3 Å². The number of thiazole rings is 1. The summed E-state index contributed by atoms with van der Waals surface area (Å²) in [6, 6.07) is 1.60. The van der Waals surface area contributed by atoms with Crippen molar-refractivity contribution in [2.45, 2.75) is 6.42 Å². The summed E-state index contributed by atoms with van der Waals surface area (Å²) in [4.78, 5) is 19.7. The van der Waals surface area contributed by atoms with Crippen LogP contribution in [0.1, 0.15) is 16.1 Å². The summed E-state index contributed by atoms with van der Waals surface area (Å²) >= 11 is 7.41. The maximum atomic E-state index is 11.8. The van der Waals surface area contributed by atoms with Crippen LogP contribution >= 0.6 is 22.9 Å². The van der Waals surface area contributed by atoms with Crippen LogP contribution in [0.4, 0.5) is 0 Å². The first-order valence-electron chi connectivity index (χ1n) is 5.02. The van der Waals surface area contributed by atoms with Crippen molar-refractivity contribution < 1.29 is 4.79 Å². The highest BCUT2D eigenvalue weighted by atomic mass is 35.5. The molecule has 2 aromatic rings. The van der Waals surface area contributed by atoms with Gasteiger partial charge in [0.15, 0.2) is 0 Å². The number of carbonyl (C=O) groups is 1. The number of hydrogen-bond donors (Lipinski definition) is 1. The van der Waals surface area contributed by atoms with Crippen molar-refractivity contribution in [3.8, 4) is 0 Å². The van der Waals surface area contributed by atoms with Crippen molar-refractivity contribution >= 4 is 28.8 Å². The Bertz CT molecular complexity index is 501. The van der Waals surface area contributed by atoms with E-state index < -0.39 is 0 Å². The molecule has 0 saturated heterocycles. The molecule has 6 heteroatoms. The lowest BCUT2D eigenvalue weighted by atomic mass is 10.2. The molecule has 2 aromatic heterocycles. The van der Waals surface area contributed by atoms with E-state index in [0.717, 1.165) is 12.1 Å². The molecule has 0 unspecified atom stereocenters. The Kier molecular flexibility index (Phi) is 4.06. The van der Waals surface area contributed by atoms with E-state index in [-0.39, 0.29) is 5.91 Å². The van der Waals surface area contributed by atoms with Crippen molar-refractivity contribution in [2.75, 3.05) is 6.54 Å². The van der Waals surface area contributed by atoms with Crippen molar-refractivity contribution in [1.29, 1.82) is 0 Å². The van der Waals surface area contributed by atoms with Crippen LogP contribution < -0.4 is 5.32 Å². The molecule has 0 atom stereocenters. The summed E-state index contributed by atoms with van der Waals surface area (Å²) in [6.45, 7) is 0.543. The van der Waals surface area contributed by atoms with Gasteiger partial charge in [0, 0.05) is 30.7 Å². The number of halogens is 1. The maximum Gasteiger partial charge on any atom is 0.252 e. The fourth-order valence-electron chi connectivity index (χ4n) is 1.32. The molecule has 1 N–H and O–H groups in total. The van der Waals surface area contributed by atoms with E-state index in [9.17, 15) is 4.79 Å². The third kappa shape index (κ3) is 3.25. The second-order valence-corrected chi connectivity index (χ2v) is 4.47. The Hall–Kier alpha value is -1.46. The highest BCUT2D eigenvalue weighted by molar-refractivity contribution is 7.07. The van der Waals surface area contributed by atoms with Gasteiger partial charge in [-0.05, 0) is 6.07 Å². The van der Waals surface area contributed by atoms with E-state index in [1.165, 1.54) is 6.20 Å². The van der Waals surface area contributed by atoms with Gasteiger partial charge in [-0.2, -0.15) is 0 Å². The minimum absolute atomic E-state index is 0.187. The fraction of sp³-hybridized carbons (Fsp3) is 0.182. The molecule has 88 valence electrons. The molecule has 1 amide bonds. The molecule has 0 aliphatic rings. The zero-order valence-corrected chi connectivity index (χ0v) is 10.5. The van der Waals surface area contributed by atoms with Gasteiger partial charge in [0.2, 0.25) is 0 Å². The molecular formula is C11H10ClN3OS. The van der Waals surface area contributed by atoms with Crippen molar-refractivity contribution in [3.05, 3.63) is 45.6 Å². The molecule has 0 aromatic carbocycles. The van der Waals surface area contributed by atoms with Crippen molar-refractivity contribution in [1.82, 2.24) is 15.3 Å². The molecule has 0 saturated carbocycles. The van der Waals surface area contributed by atoms with Gasteiger partial charge in [-0.25, -0.2) is 4.98 Å². The normalized spacial score (nSPS) is 10.2. The first kappa shape index (κ1) is 12.0. The van der Waals surface area contributed by atoms with E-state index in [1.54, 1.807) is 29.1 Å². The predicted molar refractivity (Wildman–Crippen MR) is 67.4 cm³/mol. The molecule has 0 fully saturated rings. The number of hydrogen-bond acceptors (Lipinski definition) is 4. The molecule has 0 bridgehead atoms. The van der Waals surface area contributed by atoms with Gasteiger partial charge in [0.05, 0.1) is 21.8 Å². The fourth-order valence-corrected chi connectivity index (χ4v) is 2.12. The van der Waals surface area contributed by atoms with E-state index in [4.69, 9.17) is 11.6 Å². The van der Waals surface area contributed by atoms with Crippen LogP contribution in [0.25, 0.3) is 0 Å². The number of carbonyl (C=O) groups excluding carboxylic acids is 1. The highest BCUT2D eigenvalue weighted by Crippen LogP contribution is 2.12. The van der Waals surface area contributed by atoms with Gasteiger partial charge < -0.3 is 5.32 Å². The number of rotatable bonds is 4. The second kappa shape index (κ2) is 5.75. The topological polar surface area (TPSA) is 54.9 Å². The molecule has 0 aliphatic carbocycles. The smallest absolute Gasteiger partial charge is 0.252 e. The molecule has 0 aliphatic heterocycles. The van der Waals surface area contributed by atoms with Crippen LogP contribution in [0.5, 0.6) is 0 Å². The van der Waals surface area contributed by atoms with E-state index in [1.807, 2.05) is 5.38 Å². The SMILES string of the molecule is O=C(NCCc1cscn1)c1ccncc1Cl. The van der Waals surface area contributed by atoms with Crippen molar-refractivity contribution in [3.63, 3.8) is 0 Å². The van der Waals surface area contributed by atoms with Crippen LogP contribution in [0.2, 0.25) is 5.02 Å². The number of amides is 1. The summed E-state index contributed by atoms with van der Waals surface area (Å²) in [7, 11) is 0. The van der Waals surface area contributed by atoms with Crippen molar-refractivity contribution in [2.24, 2.45) is 0 Å². The lowest BCUT2D eigenvalue weighted by Gasteiger charge is -2.05. The summed E-state index contributed by atoms with van der Waals surface area (Å²) in [5.74, 6) is -0.187. The first-order valence-corrected chi connectivity index (χ1v) is 6.34. The molecule has 4 nitrogen and oxygen atoms in total. The minimum atomic E-state index is -0.187. The molecular weight excluding hydrogens is 258 g/mol. The minimum Gasteiger partial charge on any atom is -0.352 e. The Morgan fingerprint density at radius 2 is 2.41 bits per heavy atom. The summed E-state index contributed by atoms with van der Waals surface area (Å²) in [6.07, 6.45) is 3.72. The van der Waals surface area contributed by atoms with Crippen LogP contribution in [-0.4, -0.2) is 22.4 Å². The Labute approximate surface area is 108 Å². The lowest BCUT2D eigenvalue weighted by molar-refractivity contribution is 0.0954. The standard InChI is InChI=1S/C11H10ClN3OS/c12-10-5-13-3-2-9(10)11(16)14-4-1-8-6-17-7-15-8/h2-3,5-7H,1,4H2,(H,14,16). The number of nitrogens with zero attached hydrogens (tertiary/aromatic N) is 2. The third-order valence-electron chi connectivity index (χ3n) is 2.17. The monoisotopic (exact) mass is 267 g/mol. The van der Waals surface area contributed by atoms with Gasteiger partial charge in [0.25, 0.3) is 5.91 Å². The molecule has 2 heterocycles. The van der Waals surface area contributed by atoms with Crippen LogP contribution in [0, 0.1) is 0 Å². The molecule has 0 radical (unpaired) electrons. The zero-order chi connectivity index (χ0) is 12.1. The summed E-state index contributed by atoms with van der Waals surface area (Å²) < 4.78 is 0. The largest absolute Gasteiger partial charge is 0.352 e. The zero-order valence-electron chi connectivity index (χ0n) is 8.89. The number of pyridine rings is 1. The summed E-state index contributed by atoms with van der Waals surface area (Å²) in [5, 5.41) is 5.12. The maximum absolute atomic E-state index is 11.8. The van der Waals surface area contributed by atoms with Crippen LogP contribution in [-0.2, 0) is 6.42 Å². The quantitative estimate of drug-likeness (QED) is 0.924. The Morgan fingerprint density at radius 3 is 3.12 bits per heavy atom. The van der Waals surface area contributed by atoms with Gasteiger partial charge in [-0.1, -0.05) is 11.6 Å². The third-order valence-corrected chi connectivity index (χ3v) is 3.10. The average Bonchev–Trinajstić information content (AvgIpc) is 2.82. The highest BCUT2D eigenvalue weighted by Gasteiger charge is 2.09.